The molecule has 0 rings (SSSR count). The molecular weight excluding hydrogens is 237 g/mol. The predicted molar refractivity (Wildman–Crippen MR) is 57.5 cm³/mol. The largest absolute Gasteiger partial charge is 0.248 e. The summed E-state index contributed by atoms with van der Waals surface area (Å²) in [5.41, 5.74) is 0. The van der Waals surface area contributed by atoms with Crippen molar-refractivity contribution < 1.29 is 0 Å². The van der Waals surface area contributed by atoms with Gasteiger partial charge < -0.3 is 0 Å². The summed E-state index contributed by atoms with van der Waals surface area (Å²) >= 11 is 2.36. The first-order chi connectivity index (χ1) is 4.81. The highest BCUT2D eigenvalue weighted by Crippen LogP contribution is 1.99. The summed E-state index contributed by atoms with van der Waals surface area (Å²) in [4.78, 5) is 0. The van der Waals surface area contributed by atoms with Gasteiger partial charge in [0.1, 0.15) is 0 Å². The van der Waals surface area contributed by atoms with E-state index in [1.165, 1.54) is 25.9 Å². The first-order valence-electron chi connectivity index (χ1n) is 4.22. The molecule has 0 saturated carbocycles. The molecule has 0 aromatic heterocycles. The van der Waals surface area contributed by atoms with Crippen LogP contribution in [0.4, 0.5) is 0 Å². The zero-order chi connectivity index (χ0) is 8.41. The van der Waals surface area contributed by atoms with E-state index in [0.29, 0.717) is 0 Å². The van der Waals surface area contributed by atoms with E-state index in [4.69, 9.17) is 0 Å². The lowest BCUT2D eigenvalue weighted by molar-refractivity contribution is 0.514. The molecule has 0 aliphatic rings. The first kappa shape index (κ1) is 13.3. The average molecular weight is 257 g/mol. The molecule has 0 amide bonds. The number of nitrogens with zero attached hydrogens (tertiary/aromatic N) is 1. The molecule has 64 valence electrons. The third-order valence-electron chi connectivity index (χ3n) is 1.10. The molecule has 0 N–H and O–H groups in total. The fraction of sp³-hybridized carbons (Fsp3) is 1.00. The van der Waals surface area contributed by atoms with Crippen molar-refractivity contribution in [3.05, 3.63) is 0 Å². The fourth-order valence-corrected chi connectivity index (χ4v) is 0.829. The van der Waals surface area contributed by atoms with Crippen molar-refractivity contribution in [1.29, 1.82) is 0 Å². The Kier molecular flexibility index (Phi) is 16.4. The van der Waals surface area contributed by atoms with Crippen LogP contribution in [0.2, 0.25) is 0 Å². The van der Waals surface area contributed by atoms with Crippen molar-refractivity contribution in [2.24, 2.45) is 0 Å². The maximum atomic E-state index is 2.36. The summed E-state index contributed by atoms with van der Waals surface area (Å²) in [6, 6.07) is 0. The Hall–Kier alpha value is 0.690. The van der Waals surface area contributed by atoms with Crippen LogP contribution in [-0.2, 0) is 0 Å². The minimum atomic E-state index is 1.17. The van der Waals surface area contributed by atoms with Gasteiger partial charge in [0.05, 0.1) is 0 Å². The topological polar surface area (TPSA) is 3.24 Å². The second-order valence-electron chi connectivity index (χ2n) is 1.86. The van der Waals surface area contributed by atoms with Crippen LogP contribution in [-0.4, -0.2) is 16.2 Å². The summed E-state index contributed by atoms with van der Waals surface area (Å²) in [6.45, 7) is 10.8. The second kappa shape index (κ2) is 12.4. The molecule has 10 heavy (non-hydrogen) atoms. The Balaban J connectivity index is 0. The molecular formula is C8H20IN. The molecule has 0 fully saturated rings. The zero-order valence-corrected chi connectivity index (χ0v) is 9.81. The van der Waals surface area contributed by atoms with E-state index in [1.54, 1.807) is 0 Å². The molecule has 0 heterocycles. The Morgan fingerprint density at radius 3 is 2.00 bits per heavy atom. The monoisotopic (exact) mass is 257 g/mol. The minimum Gasteiger partial charge on any atom is -0.248 e. The van der Waals surface area contributed by atoms with Crippen molar-refractivity contribution in [2.75, 3.05) is 13.1 Å². The van der Waals surface area contributed by atoms with E-state index in [-0.39, 0.29) is 0 Å². The van der Waals surface area contributed by atoms with Gasteiger partial charge in [-0.1, -0.05) is 34.1 Å². The third-order valence-corrected chi connectivity index (χ3v) is 2.26. The molecule has 0 bridgehead atoms. The van der Waals surface area contributed by atoms with Gasteiger partial charge in [-0.05, 0) is 6.42 Å². The van der Waals surface area contributed by atoms with E-state index < -0.39 is 0 Å². The van der Waals surface area contributed by atoms with E-state index in [2.05, 4.69) is 39.8 Å². The van der Waals surface area contributed by atoms with Gasteiger partial charge in [0.25, 0.3) is 0 Å². The summed E-state index contributed by atoms with van der Waals surface area (Å²) in [5.74, 6) is 0. The molecule has 0 unspecified atom stereocenters. The van der Waals surface area contributed by atoms with Gasteiger partial charge in [-0.15, -0.1) is 0 Å². The normalized spacial score (nSPS) is 9.00. The molecule has 0 aromatic rings. The van der Waals surface area contributed by atoms with Crippen molar-refractivity contribution in [1.82, 2.24) is 3.11 Å². The number of hydrogen-bond acceptors (Lipinski definition) is 1. The summed E-state index contributed by atoms with van der Waals surface area (Å²) in [6.07, 6.45) is 2.64. The average Bonchev–Trinajstić information content (AvgIpc) is 2.04. The predicted octanol–water partition coefficient (Wildman–Crippen LogP) is 3.48. The molecule has 0 aromatic carbocycles. The Bertz CT molecular complexity index is 48.5. The van der Waals surface area contributed by atoms with Crippen LogP contribution >= 0.6 is 22.9 Å². The lowest BCUT2D eigenvalue weighted by Gasteiger charge is -2.08. The summed E-state index contributed by atoms with van der Waals surface area (Å²) in [7, 11) is 0. The van der Waals surface area contributed by atoms with Crippen LogP contribution in [0.3, 0.4) is 0 Å². The number of hydrogen-bond donors (Lipinski definition) is 0. The zero-order valence-electron chi connectivity index (χ0n) is 7.65. The van der Waals surface area contributed by atoms with Gasteiger partial charge in [-0.3, -0.25) is 0 Å². The molecule has 0 saturated heterocycles. The van der Waals surface area contributed by atoms with Gasteiger partial charge in [-0.2, -0.15) is 0 Å². The third kappa shape index (κ3) is 11.5. The molecule has 0 aliphatic heterocycles. The van der Waals surface area contributed by atoms with E-state index in [1.807, 2.05) is 13.8 Å². The highest BCUT2D eigenvalue weighted by molar-refractivity contribution is 14.1. The van der Waals surface area contributed by atoms with Gasteiger partial charge in [0.2, 0.25) is 0 Å². The number of unbranched alkanes of at least 4 members (excludes halogenated alkanes) is 1. The molecule has 0 spiro atoms. The number of halogens is 1. The van der Waals surface area contributed by atoms with Gasteiger partial charge >= 0.3 is 0 Å². The van der Waals surface area contributed by atoms with E-state index in [9.17, 15) is 0 Å². The quantitative estimate of drug-likeness (QED) is 0.550. The van der Waals surface area contributed by atoms with Crippen LogP contribution < -0.4 is 0 Å². The minimum absolute atomic E-state index is 1.17. The lowest BCUT2D eigenvalue weighted by atomic mass is 10.3. The molecule has 0 aliphatic carbocycles. The maximum Gasteiger partial charge on any atom is 0.0201 e. The van der Waals surface area contributed by atoms with Crippen molar-refractivity contribution in [3.63, 3.8) is 0 Å². The SMILES string of the molecule is CC.CCCCN(I)CC. The van der Waals surface area contributed by atoms with Crippen LogP contribution in [0, 0.1) is 0 Å². The number of rotatable bonds is 4. The van der Waals surface area contributed by atoms with Crippen LogP contribution in [0.1, 0.15) is 40.5 Å². The Labute approximate surface area is 79.7 Å². The van der Waals surface area contributed by atoms with Gasteiger partial charge in [-0.25, -0.2) is 3.11 Å². The fourth-order valence-electron chi connectivity index (χ4n) is 0.488. The first-order valence-corrected chi connectivity index (χ1v) is 5.18. The molecule has 0 radical (unpaired) electrons. The Morgan fingerprint density at radius 2 is 1.70 bits per heavy atom. The van der Waals surface area contributed by atoms with E-state index >= 15 is 0 Å². The standard InChI is InChI=1S/C6H14IN.C2H6/c1-3-5-6-8(7)4-2;1-2/h3-6H2,1-2H3;1-2H3. The maximum absolute atomic E-state index is 2.36. The van der Waals surface area contributed by atoms with Gasteiger partial charge in [0, 0.05) is 36.0 Å². The highest BCUT2D eigenvalue weighted by Gasteiger charge is 1.91. The Morgan fingerprint density at radius 1 is 1.20 bits per heavy atom. The van der Waals surface area contributed by atoms with Crippen molar-refractivity contribution in [2.45, 2.75) is 40.5 Å². The van der Waals surface area contributed by atoms with Crippen LogP contribution in [0.15, 0.2) is 0 Å². The summed E-state index contributed by atoms with van der Waals surface area (Å²) in [5, 5.41) is 0. The molecule has 2 heteroatoms. The smallest absolute Gasteiger partial charge is 0.0201 e. The van der Waals surface area contributed by atoms with Crippen LogP contribution in [0.5, 0.6) is 0 Å². The van der Waals surface area contributed by atoms with E-state index in [0.717, 1.165) is 0 Å². The van der Waals surface area contributed by atoms with Crippen LogP contribution in [0.25, 0.3) is 0 Å². The van der Waals surface area contributed by atoms with Crippen molar-refractivity contribution >= 4 is 22.9 Å². The lowest BCUT2D eigenvalue weighted by Crippen LogP contribution is -2.10. The summed E-state index contributed by atoms with van der Waals surface area (Å²) < 4.78 is 2.31. The highest BCUT2D eigenvalue weighted by atomic mass is 127. The molecule has 1 nitrogen and oxygen atoms in total. The van der Waals surface area contributed by atoms with Crippen molar-refractivity contribution in [3.8, 4) is 0 Å². The molecule has 0 atom stereocenters. The van der Waals surface area contributed by atoms with Gasteiger partial charge in [0.15, 0.2) is 0 Å². The second-order valence-corrected chi connectivity index (χ2v) is 3.22.